The van der Waals surface area contributed by atoms with Crippen LogP contribution < -0.4 is 33.2 Å². The number of para-hydroxylation sites is 1. The number of benzene rings is 1. The van der Waals surface area contributed by atoms with Gasteiger partial charge in [0.15, 0.2) is 5.96 Å². The molecule has 0 fully saturated rings. The number of hydrogen-bond acceptors (Lipinski definition) is 7. The largest absolute Gasteiger partial charge is 0.480 e. The molecule has 41 heavy (non-hydrogen) atoms. The number of carbonyl (C=O) groups is 4. The summed E-state index contributed by atoms with van der Waals surface area (Å²) >= 11 is 1.50. The van der Waals surface area contributed by atoms with Gasteiger partial charge in [-0.05, 0) is 55.2 Å². The highest BCUT2D eigenvalue weighted by Crippen LogP contribution is 2.19. The molecule has 0 saturated heterocycles. The van der Waals surface area contributed by atoms with E-state index in [-0.39, 0.29) is 31.3 Å². The minimum atomic E-state index is -1.19. The van der Waals surface area contributed by atoms with Crippen molar-refractivity contribution < 1.29 is 24.3 Å². The van der Waals surface area contributed by atoms with Gasteiger partial charge in [-0.3, -0.25) is 19.4 Å². The third-order valence-electron chi connectivity index (χ3n) is 6.50. The zero-order valence-electron chi connectivity index (χ0n) is 23.7. The molecule has 0 bridgehead atoms. The first-order valence-electron chi connectivity index (χ1n) is 13.4. The number of carboxylic acids is 1. The van der Waals surface area contributed by atoms with Gasteiger partial charge in [0.2, 0.25) is 17.7 Å². The van der Waals surface area contributed by atoms with Crippen LogP contribution in [0.1, 0.15) is 38.7 Å². The summed E-state index contributed by atoms with van der Waals surface area (Å²) < 4.78 is 0. The number of aromatic amines is 1. The Morgan fingerprint density at radius 3 is 2.27 bits per heavy atom. The van der Waals surface area contributed by atoms with Crippen LogP contribution in [-0.4, -0.2) is 82.5 Å². The van der Waals surface area contributed by atoms with Crippen molar-refractivity contribution in [3.63, 3.8) is 0 Å². The van der Waals surface area contributed by atoms with Crippen molar-refractivity contribution >= 4 is 52.3 Å². The summed E-state index contributed by atoms with van der Waals surface area (Å²) in [6.07, 6.45) is 4.72. The van der Waals surface area contributed by atoms with Gasteiger partial charge >= 0.3 is 5.97 Å². The summed E-state index contributed by atoms with van der Waals surface area (Å²) in [5, 5.41) is 18.4. The van der Waals surface area contributed by atoms with Crippen molar-refractivity contribution in [2.24, 2.45) is 28.1 Å². The van der Waals surface area contributed by atoms with E-state index in [9.17, 15) is 24.3 Å². The maximum Gasteiger partial charge on any atom is 0.326 e. The van der Waals surface area contributed by atoms with Crippen LogP contribution in [0.2, 0.25) is 0 Å². The standard InChI is InChI=1S/C27H42N8O5S/c1-15(2)22(26(39)40)35-25(38)20(9-6-11-31-27(29)30)34-24(37)21(10-12-41-3)33-23(36)18(28)13-16-14-32-19-8-5-4-7-17(16)19/h4-5,7-8,14-15,18,20-22,32H,6,9-13,28H2,1-3H3,(H,33,36)(H,34,37)(H,35,38)(H,39,40)(H4,29,30,31). The molecule has 0 spiro atoms. The smallest absolute Gasteiger partial charge is 0.326 e. The fourth-order valence-corrected chi connectivity index (χ4v) is 4.70. The van der Waals surface area contributed by atoms with Gasteiger partial charge in [-0.25, -0.2) is 4.79 Å². The monoisotopic (exact) mass is 590 g/mol. The first-order valence-corrected chi connectivity index (χ1v) is 14.8. The number of fused-ring (bicyclic) bond motifs is 1. The van der Waals surface area contributed by atoms with Crippen LogP contribution in [0.3, 0.4) is 0 Å². The Morgan fingerprint density at radius 1 is 1.00 bits per heavy atom. The molecule has 11 N–H and O–H groups in total. The van der Waals surface area contributed by atoms with E-state index in [0.29, 0.717) is 18.6 Å². The third kappa shape index (κ3) is 10.6. The highest BCUT2D eigenvalue weighted by atomic mass is 32.2. The number of rotatable bonds is 17. The maximum atomic E-state index is 13.4. The van der Waals surface area contributed by atoms with Crippen LogP contribution >= 0.6 is 11.8 Å². The second-order valence-corrected chi connectivity index (χ2v) is 11.1. The van der Waals surface area contributed by atoms with Crippen molar-refractivity contribution in [1.29, 1.82) is 0 Å². The van der Waals surface area contributed by atoms with Crippen molar-refractivity contribution in [2.75, 3.05) is 18.6 Å². The second-order valence-electron chi connectivity index (χ2n) is 10.1. The molecular weight excluding hydrogens is 548 g/mol. The van der Waals surface area contributed by atoms with Crippen molar-refractivity contribution in [3.05, 3.63) is 36.0 Å². The maximum absolute atomic E-state index is 13.4. The summed E-state index contributed by atoms with van der Waals surface area (Å²) in [5.41, 5.74) is 18.8. The molecule has 4 atom stereocenters. The average molecular weight is 591 g/mol. The SMILES string of the molecule is CSCCC(NC(=O)C(N)Cc1c[nH]c2ccccc12)C(=O)NC(CCCN=C(N)N)C(=O)NC(C(=O)O)C(C)C. The van der Waals surface area contributed by atoms with Crippen LogP contribution in [0.25, 0.3) is 10.9 Å². The number of nitrogens with two attached hydrogens (primary N) is 3. The quantitative estimate of drug-likeness (QED) is 0.0705. The van der Waals surface area contributed by atoms with Gasteiger partial charge in [-0.1, -0.05) is 32.0 Å². The van der Waals surface area contributed by atoms with E-state index in [4.69, 9.17) is 17.2 Å². The molecule has 1 aromatic carbocycles. The Kier molecular flexibility index (Phi) is 13.4. The molecule has 0 aliphatic rings. The molecule has 0 radical (unpaired) electrons. The summed E-state index contributed by atoms with van der Waals surface area (Å²) in [6, 6.07) is 3.57. The molecule has 0 saturated carbocycles. The highest BCUT2D eigenvalue weighted by Gasteiger charge is 2.31. The van der Waals surface area contributed by atoms with E-state index in [1.54, 1.807) is 13.8 Å². The van der Waals surface area contributed by atoms with E-state index in [1.165, 1.54) is 11.8 Å². The number of hydrogen-bond donors (Lipinski definition) is 8. The lowest BCUT2D eigenvalue weighted by Gasteiger charge is -2.26. The highest BCUT2D eigenvalue weighted by molar-refractivity contribution is 7.98. The van der Waals surface area contributed by atoms with Crippen LogP contribution in [0.5, 0.6) is 0 Å². The first kappa shape index (κ1) is 33.4. The Hall–Kier alpha value is -3.78. The van der Waals surface area contributed by atoms with Gasteiger partial charge in [0, 0.05) is 23.6 Å². The molecule has 1 aromatic heterocycles. The molecule has 226 valence electrons. The van der Waals surface area contributed by atoms with Crippen LogP contribution in [0, 0.1) is 5.92 Å². The normalized spacial score (nSPS) is 14.1. The number of aliphatic imine (C=N–C) groups is 1. The molecule has 2 rings (SSSR count). The Labute approximate surface area is 243 Å². The van der Waals surface area contributed by atoms with Gasteiger partial charge in [-0.15, -0.1) is 0 Å². The second kappa shape index (κ2) is 16.5. The molecule has 13 nitrogen and oxygen atoms in total. The zero-order valence-corrected chi connectivity index (χ0v) is 24.5. The number of aromatic nitrogens is 1. The summed E-state index contributed by atoms with van der Waals surface area (Å²) in [5.74, 6) is -2.86. The molecule has 14 heteroatoms. The number of H-pyrrole nitrogens is 1. The van der Waals surface area contributed by atoms with Crippen LogP contribution in [0.4, 0.5) is 0 Å². The lowest BCUT2D eigenvalue weighted by molar-refractivity contribution is -0.143. The van der Waals surface area contributed by atoms with Crippen LogP contribution in [-0.2, 0) is 25.6 Å². The van der Waals surface area contributed by atoms with Crippen LogP contribution in [0.15, 0.2) is 35.5 Å². The van der Waals surface area contributed by atoms with Crippen molar-refractivity contribution in [1.82, 2.24) is 20.9 Å². The number of nitrogens with zero attached hydrogens (tertiary/aromatic N) is 1. The Morgan fingerprint density at radius 2 is 1.63 bits per heavy atom. The minimum absolute atomic E-state index is 0.107. The van der Waals surface area contributed by atoms with Crippen molar-refractivity contribution in [3.8, 4) is 0 Å². The Bertz CT molecular complexity index is 1210. The number of carboxylic acid groups (broad SMARTS) is 1. The molecule has 0 aliphatic carbocycles. The van der Waals surface area contributed by atoms with Crippen molar-refractivity contribution in [2.45, 2.75) is 63.7 Å². The minimum Gasteiger partial charge on any atom is -0.480 e. The van der Waals surface area contributed by atoms with Gasteiger partial charge < -0.3 is 43.2 Å². The summed E-state index contributed by atoms with van der Waals surface area (Å²) in [4.78, 5) is 58.2. The molecule has 1 heterocycles. The Balaban J connectivity index is 2.15. The van der Waals surface area contributed by atoms with E-state index >= 15 is 0 Å². The third-order valence-corrected chi connectivity index (χ3v) is 7.15. The van der Waals surface area contributed by atoms with Gasteiger partial charge in [0.1, 0.15) is 18.1 Å². The predicted octanol–water partition coefficient (Wildman–Crippen LogP) is 0.0394. The summed E-state index contributed by atoms with van der Waals surface area (Å²) in [7, 11) is 0. The number of thioether (sulfide) groups is 1. The first-order chi connectivity index (χ1) is 19.4. The molecule has 2 aromatic rings. The molecule has 4 unspecified atom stereocenters. The number of carbonyl (C=O) groups excluding carboxylic acids is 3. The number of aliphatic carboxylic acids is 1. The number of guanidine groups is 1. The van der Waals surface area contributed by atoms with Gasteiger partial charge in [0.05, 0.1) is 6.04 Å². The van der Waals surface area contributed by atoms with E-state index in [0.717, 1.165) is 16.5 Å². The van der Waals surface area contributed by atoms with Gasteiger partial charge in [0.25, 0.3) is 0 Å². The lowest BCUT2D eigenvalue weighted by atomic mass is 10.0. The fourth-order valence-electron chi connectivity index (χ4n) is 4.23. The lowest BCUT2D eigenvalue weighted by Crippen LogP contribution is -2.57. The molecule has 3 amide bonds. The van der Waals surface area contributed by atoms with E-state index in [1.807, 2.05) is 36.7 Å². The van der Waals surface area contributed by atoms with E-state index < -0.39 is 47.9 Å². The topological polar surface area (TPSA) is 231 Å². The van der Waals surface area contributed by atoms with E-state index in [2.05, 4.69) is 25.9 Å². The van der Waals surface area contributed by atoms with Gasteiger partial charge in [-0.2, -0.15) is 11.8 Å². The fraction of sp³-hybridized carbons (Fsp3) is 0.519. The zero-order chi connectivity index (χ0) is 30.5. The average Bonchev–Trinajstić information content (AvgIpc) is 3.32. The number of amides is 3. The molecule has 0 aliphatic heterocycles. The summed E-state index contributed by atoms with van der Waals surface area (Å²) in [6.45, 7) is 3.54. The predicted molar refractivity (Wildman–Crippen MR) is 161 cm³/mol. The molecular formula is C27H42N8O5S. The number of nitrogens with one attached hydrogen (secondary N) is 4.